The second kappa shape index (κ2) is 4.43. The summed E-state index contributed by atoms with van der Waals surface area (Å²) in [6, 6.07) is 1.28. The Kier molecular flexibility index (Phi) is 3.10. The van der Waals surface area contributed by atoms with Crippen molar-refractivity contribution >= 4 is 11.7 Å². The van der Waals surface area contributed by atoms with E-state index >= 15 is 0 Å². The topological polar surface area (TPSA) is 80.9 Å². The summed E-state index contributed by atoms with van der Waals surface area (Å²) in [7, 11) is 0. The Bertz CT molecular complexity index is 445. The SMILES string of the molecule is Nc1ccc(C[C@@H]2C[C@@H](C(F)(F)F)NC2=O)nn1. The van der Waals surface area contributed by atoms with Crippen molar-refractivity contribution in [3.8, 4) is 0 Å². The predicted octanol–water partition coefficient (Wildman–Crippen LogP) is 0.668. The van der Waals surface area contributed by atoms with Crippen molar-refractivity contribution in [1.29, 1.82) is 0 Å². The third kappa shape index (κ3) is 2.69. The lowest BCUT2D eigenvalue weighted by Gasteiger charge is -2.13. The van der Waals surface area contributed by atoms with Crippen LogP contribution in [0.1, 0.15) is 12.1 Å². The summed E-state index contributed by atoms with van der Waals surface area (Å²) in [5.74, 6) is -1.10. The van der Waals surface area contributed by atoms with Crippen LogP contribution in [0.4, 0.5) is 19.0 Å². The van der Waals surface area contributed by atoms with Gasteiger partial charge in [-0.05, 0) is 18.6 Å². The highest BCUT2D eigenvalue weighted by Crippen LogP contribution is 2.30. The minimum atomic E-state index is -4.41. The zero-order valence-corrected chi connectivity index (χ0v) is 9.24. The summed E-state index contributed by atoms with van der Waals surface area (Å²) in [6.07, 6.45) is -4.54. The highest BCUT2D eigenvalue weighted by atomic mass is 19.4. The van der Waals surface area contributed by atoms with Gasteiger partial charge < -0.3 is 11.1 Å². The van der Waals surface area contributed by atoms with Gasteiger partial charge >= 0.3 is 6.18 Å². The molecule has 0 aliphatic carbocycles. The van der Waals surface area contributed by atoms with Gasteiger partial charge in [0.15, 0.2) is 0 Å². The zero-order chi connectivity index (χ0) is 13.3. The van der Waals surface area contributed by atoms with Gasteiger partial charge in [-0.3, -0.25) is 4.79 Å². The van der Waals surface area contributed by atoms with E-state index in [2.05, 4.69) is 10.2 Å². The second-order valence-electron chi connectivity index (χ2n) is 4.19. The first-order chi connectivity index (χ1) is 8.36. The lowest BCUT2D eigenvalue weighted by atomic mass is 9.99. The molecule has 0 radical (unpaired) electrons. The van der Waals surface area contributed by atoms with Crippen molar-refractivity contribution in [3.05, 3.63) is 17.8 Å². The standard InChI is InChI=1S/C10H11F3N4O/c11-10(12,13)7-4-5(9(18)15-7)3-6-1-2-8(14)17-16-6/h1-2,5,7H,3-4H2,(H2,14,17)(H,15,18)/t5-,7+/m1/s1. The Morgan fingerprint density at radius 1 is 1.39 bits per heavy atom. The summed E-state index contributed by atoms with van der Waals surface area (Å²) in [4.78, 5) is 11.4. The van der Waals surface area contributed by atoms with Crippen molar-refractivity contribution < 1.29 is 18.0 Å². The molecule has 2 rings (SSSR count). The van der Waals surface area contributed by atoms with E-state index in [9.17, 15) is 18.0 Å². The molecule has 3 N–H and O–H groups in total. The maximum atomic E-state index is 12.4. The summed E-state index contributed by atoms with van der Waals surface area (Å²) in [5.41, 5.74) is 5.79. The quantitative estimate of drug-likeness (QED) is 0.818. The van der Waals surface area contributed by atoms with Crippen LogP contribution in [0, 0.1) is 5.92 Å². The molecular weight excluding hydrogens is 249 g/mol. The lowest BCUT2D eigenvalue weighted by Crippen LogP contribution is -2.38. The molecule has 0 aromatic carbocycles. The molecule has 0 bridgehead atoms. The molecule has 5 nitrogen and oxygen atoms in total. The van der Waals surface area contributed by atoms with Gasteiger partial charge in [-0.15, -0.1) is 5.10 Å². The molecule has 98 valence electrons. The van der Waals surface area contributed by atoms with Crippen molar-refractivity contribution in [3.63, 3.8) is 0 Å². The fourth-order valence-corrected chi connectivity index (χ4v) is 1.86. The van der Waals surface area contributed by atoms with Crippen molar-refractivity contribution in [2.24, 2.45) is 5.92 Å². The lowest BCUT2D eigenvalue weighted by molar-refractivity contribution is -0.154. The van der Waals surface area contributed by atoms with E-state index in [1.165, 1.54) is 6.07 Å². The maximum absolute atomic E-state index is 12.4. The fourth-order valence-electron chi connectivity index (χ4n) is 1.86. The molecule has 1 saturated heterocycles. The Morgan fingerprint density at radius 3 is 2.61 bits per heavy atom. The first kappa shape index (κ1) is 12.6. The number of carbonyl (C=O) groups excluding carboxylic acids is 1. The van der Waals surface area contributed by atoms with Gasteiger partial charge in [0.1, 0.15) is 11.9 Å². The number of alkyl halides is 3. The van der Waals surface area contributed by atoms with Crippen LogP contribution in [0.15, 0.2) is 12.1 Å². The summed E-state index contributed by atoms with van der Waals surface area (Å²) in [6.45, 7) is 0. The Morgan fingerprint density at radius 2 is 2.11 bits per heavy atom. The van der Waals surface area contributed by atoms with E-state index in [1.807, 2.05) is 5.32 Å². The minimum absolute atomic E-state index is 0.131. The number of nitrogen functional groups attached to an aromatic ring is 1. The largest absolute Gasteiger partial charge is 0.408 e. The Balaban J connectivity index is 2.03. The number of rotatable bonds is 2. The zero-order valence-electron chi connectivity index (χ0n) is 9.24. The molecular formula is C10H11F3N4O. The van der Waals surface area contributed by atoms with E-state index in [0.29, 0.717) is 5.69 Å². The highest BCUT2D eigenvalue weighted by Gasteiger charge is 2.47. The van der Waals surface area contributed by atoms with Gasteiger partial charge in [-0.1, -0.05) is 0 Å². The molecule has 8 heteroatoms. The van der Waals surface area contributed by atoms with E-state index in [1.54, 1.807) is 6.07 Å². The van der Waals surface area contributed by atoms with E-state index in [0.717, 1.165) is 0 Å². The van der Waals surface area contributed by atoms with Crippen LogP contribution < -0.4 is 11.1 Å². The van der Waals surface area contributed by atoms with Gasteiger partial charge in [-0.2, -0.15) is 18.3 Å². The van der Waals surface area contributed by atoms with Crippen LogP contribution in [-0.4, -0.2) is 28.3 Å². The van der Waals surface area contributed by atoms with Gasteiger partial charge in [0, 0.05) is 12.3 Å². The number of halogens is 3. The smallest absolute Gasteiger partial charge is 0.382 e. The van der Waals surface area contributed by atoms with Crippen LogP contribution in [0.2, 0.25) is 0 Å². The Hall–Kier alpha value is -1.86. The first-order valence-electron chi connectivity index (χ1n) is 5.31. The molecule has 1 aromatic heterocycles. The first-order valence-corrected chi connectivity index (χ1v) is 5.31. The van der Waals surface area contributed by atoms with E-state index in [-0.39, 0.29) is 18.7 Å². The minimum Gasteiger partial charge on any atom is -0.382 e. The van der Waals surface area contributed by atoms with E-state index < -0.39 is 24.0 Å². The van der Waals surface area contributed by atoms with Crippen LogP contribution in [-0.2, 0) is 11.2 Å². The molecule has 1 aromatic rings. The number of hydrogen-bond acceptors (Lipinski definition) is 4. The number of amides is 1. The molecule has 1 fully saturated rings. The molecule has 1 aliphatic rings. The van der Waals surface area contributed by atoms with Crippen LogP contribution >= 0.6 is 0 Å². The molecule has 0 saturated carbocycles. The summed E-state index contributed by atoms with van der Waals surface area (Å²) in [5, 5.41) is 9.25. The molecule has 18 heavy (non-hydrogen) atoms. The van der Waals surface area contributed by atoms with Crippen molar-refractivity contribution in [2.45, 2.75) is 25.1 Å². The van der Waals surface area contributed by atoms with Crippen LogP contribution in [0.3, 0.4) is 0 Å². The molecule has 1 aliphatic heterocycles. The molecule has 0 unspecified atom stereocenters. The number of nitrogens with zero attached hydrogens (tertiary/aromatic N) is 2. The fraction of sp³-hybridized carbons (Fsp3) is 0.500. The van der Waals surface area contributed by atoms with Crippen molar-refractivity contribution in [1.82, 2.24) is 15.5 Å². The van der Waals surface area contributed by atoms with Gasteiger partial charge in [0.2, 0.25) is 5.91 Å². The average molecular weight is 260 g/mol. The van der Waals surface area contributed by atoms with Gasteiger partial charge in [-0.25, -0.2) is 0 Å². The third-order valence-electron chi connectivity index (χ3n) is 2.80. The van der Waals surface area contributed by atoms with E-state index in [4.69, 9.17) is 5.73 Å². The summed E-state index contributed by atoms with van der Waals surface area (Å²) < 4.78 is 37.3. The molecule has 1 amide bonds. The maximum Gasteiger partial charge on any atom is 0.408 e. The molecule has 2 atom stereocenters. The average Bonchev–Trinajstić information content (AvgIpc) is 2.63. The number of aromatic nitrogens is 2. The van der Waals surface area contributed by atoms with Gasteiger partial charge in [0.05, 0.1) is 5.69 Å². The van der Waals surface area contributed by atoms with Crippen LogP contribution in [0.25, 0.3) is 0 Å². The monoisotopic (exact) mass is 260 g/mol. The van der Waals surface area contributed by atoms with Gasteiger partial charge in [0.25, 0.3) is 0 Å². The second-order valence-corrected chi connectivity index (χ2v) is 4.19. The predicted molar refractivity (Wildman–Crippen MR) is 56.2 cm³/mol. The number of hydrogen-bond donors (Lipinski definition) is 2. The number of anilines is 1. The highest BCUT2D eigenvalue weighted by molar-refractivity contribution is 5.81. The normalized spacial score (nSPS) is 24.1. The summed E-state index contributed by atoms with van der Waals surface area (Å²) >= 11 is 0. The molecule has 0 spiro atoms. The molecule has 2 heterocycles. The number of nitrogens with two attached hydrogens (primary N) is 1. The van der Waals surface area contributed by atoms with Crippen molar-refractivity contribution in [2.75, 3.05) is 5.73 Å². The van der Waals surface area contributed by atoms with Crippen LogP contribution in [0.5, 0.6) is 0 Å². The number of nitrogens with one attached hydrogen (secondary N) is 1. The number of carbonyl (C=O) groups is 1. The Labute approximate surface area is 101 Å². The third-order valence-corrected chi connectivity index (χ3v) is 2.80.